The van der Waals surface area contributed by atoms with Gasteiger partial charge >= 0.3 is 5.97 Å². The van der Waals surface area contributed by atoms with E-state index in [1.165, 1.54) is 12.0 Å². The maximum Gasteiger partial charge on any atom is 0.312 e. The van der Waals surface area contributed by atoms with Crippen molar-refractivity contribution in [3.63, 3.8) is 0 Å². The Morgan fingerprint density at radius 2 is 2.00 bits per heavy atom. The molecule has 0 bridgehead atoms. The lowest BCUT2D eigenvalue weighted by molar-refractivity contribution is -0.171. The highest BCUT2D eigenvalue weighted by molar-refractivity contribution is 5.76. The van der Waals surface area contributed by atoms with E-state index in [-0.39, 0.29) is 5.97 Å². The van der Waals surface area contributed by atoms with Gasteiger partial charge in [-0.1, -0.05) is 19.1 Å². The van der Waals surface area contributed by atoms with E-state index < -0.39 is 11.0 Å². The van der Waals surface area contributed by atoms with Crippen LogP contribution < -0.4 is 0 Å². The van der Waals surface area contributed by atoms with E-state index in [1.807, 2.05) is 34.6 Å². The lowest BCUT2D eigenvalue weighted by Gasteiger charge is -2.35. The van der Waals surface area contributed by atoms with Crippen molar-refractivity contribution in [1.82, 2.24) is 0 Å². The number of hydrogen-bond acceptors (Lipinski definition) is 2. The van der Waals surface area contributed by atoms with Crippen LogP contribution in [0.2, 0.25) is 0 Å². The first-order valence-electron chi connectivity index (χ1n) is 6.62. The molecule has 1 unspecified atom stereocenters. The van der Waals surface area contributed by atoms with E-state index in [0.717, 1.165) is 19.3 Å². The predicted octanol–water partition coefficient (Wildman–Crippen LogP) is 4.10. The standard InChI is InChI=1S/C15H26O2/c1-7-14(3,4)13(16)17-15(5,6)12-10-8-9-11(12)2/h12H,2,7-10H2,1,3-6H3. The number of ether oxygens (including phenoxy) is 1. The van der Waals surface area contributed by atoms with Gasteiger partial charge in [0, 0.05) is 5.92 Å². The summed E-state index contributed by atoms with van der Waals surface area (Å²) in [5.41, 5.74) is 0.422. The molecular formula is C15H26O2. The Labute approximate surface area is 105 Å². The first-order valence-corrected chi connectivity index (χ1v) is 6.62. The summed E-state index contributed by atoms with van der Waals surface area (Å²) >= 11 is 0. The second-order valence-electron chi connectivity index (χ2n) is 6.33. The first kappa shape index (κ1) is 14.3. The summed E-state index contributed by atoms with van der Waals surface area (Å²) in [6, 6.07) is 0. The molecule has 0 N–H and O–H groups in total. The predicted molar refractivity (Wildman–Crippen MR) is 70.7 cm³/mol. The highest BCUT2D eigenvalue weighted by Gasteiger charge is 2.40. The third-order valence-corrected chi connectivity index (χ3v) is 4.11. The third kappa shape index (κ3) is 3.11. The Morgan fingerprint density at radius 1 is 1.41 bits per heavy atom. The van der Waals surface area contributed by atoms with Gasteiger partial charge in [0.05, 0.1) is 5.41 Å². The van der Waals surface area contributed by atoms with Gasteiger partial charge in [-0.2, -0.15) is 0 Å². The molecule has 0 radical (unpaired) electrons. The van der Waals surface area contributed by atoms with Crippen molar-refractivity contribution in [2.24, 2.45) is 11.3 Å². The zero-order valence-electron chi connectivity index (χ0n) is 11.9. The van der Waals surface area contributed by atoms with Crippen LogP contribution in [0.1, 0.15) is 60.3 Å². The van der Waals surface area contributed by atoms with Gasteiger partial charge in [0.2, 0.25) is 0 Å². The average molecular weight is 238 g/mol. The first-order chi connectivity index (χ1) is 7.70. The van der Waals surface area contributed by atoms with Gasteiger partial charge in [-0.15, -0.1) is 0 Å². The van der Waals surface area contributed by atoms with Crippen molar-refractivity contribution in [2.45, 2.75) is 65.9 Å². The van der Waals surface area contributed by atoms with Crippen LogP contribution in [-0.4, -0.2) is 11.6 Å². The molecule has 0 heterocycles. The summed E-state index contributed by atoms with van der Waals surface area (Å²) in [5.74, 6) is 0.226. The fraction of sp³-hybridized carbons (Fsp3) is 0.800. The average Bonchev–Trinajstić information content (AvgIpc) is 2.64. The molecule has 1 rings (SSSR count). The third-order valence-electron chi connectivity index (χ3n) is 4.11. The van der Waals surface area contributed by atoms with Crippen LogP contribution in [0.15, 0.2) is 12.2 Å². The molecule has 1 saturated carbocycles. The lowest BCUT2D eigenvalue weighted by Crippen LogP contribution is -2.40. The minimum Gasteiger partial charge on any atom is -0.459 e. The molecule has 1 aliphatic carbocycles. The normalized spacial score (nSPS) is 21.7. The highest BCUT2D eigenvalue weighted by Crippen LogP contribution is 2.40. The molecule has 0 aromatic heterocycles. The molecule has 98 valence electrons. The van der Waals surface area contributed by atoms with Crippen LogP contribution in [0.4, 0.5) is 0 Å². The highest BCUT2D eigenvalue weighted by atomic mass is 16.6. The topological polar surface area (TPSA) is 26.3 Å². The molecule has 2 nitrogen and oxygen atoms in total. The maximum absolute atomic E-state index is 12.1. The molecule has 1 aliphatic rings. The smallest absolute Gasteiger partial charge is 0.312 e. The van der Waals surface area contributed by atoms with E-state index in [2.05, 4.69) is 6.58 Å². The van der Waals surface area contributed by atoms with Crippen molar-refractivity contribution in [3.8, 4) is 0 Å². The minimum absolute atomic E-state index is 0.0929. The van der Waals surface area contributed by atoms with Gasteiger partial charge in [0.15, 0.2) is 0 Å². The fourth-order valence-electron chi connectivity index (χ4n) is 2.34. The second-order valence-corrected chi connectivity index (χ2v) is 6.33. The van der Waals surface area contributed by atoms with Crippen LogP contribution in [0, 0.1) is 11.3 Å². The van der Waals surface area contributed by atoms with E-state index in [0.29, 0.717) is 5.92 Å². The summed E-state index contributed by atoms with van der Waals surface area (Å²) in [6.45, 7) is 14.0. The van der Waals surface area contributed by atoms with E-state index >= 15 is 0 Å². The van der Waals surface area contributed by atoms with Gasteiger partial charge in [-0.3, -0.25) is 4.79 Å². The zero-order valence-corrected chi connectivity index (χ0v) is 11.9. The molecular weight excluding hydrogens is 212 g/mol. The number of hydrogen-bond donors (Lipinski definition) is 0. The summed E-state index contributed by atoms with van der Waals surface area (Å²) in [4.78, 5) is 12.1. The van der Waals surface area contributed by atoms with Crippen molar-refractivity contribution in [2.75, 3.05) is 0 Å². The Bertz CT molecular complexity index is 313. The quantitative estimate of drug-likeness (QED) is 0.544. The van der Waals surface area contributed by atoms with Gasteiger partial charge in [0.1, 0.15) is 5.60 Å². The Balaban J connectivity index is 2.72. The summed E-state index contributed by atoms with van der Waals surface area (Å²) in [7, 11) is 0. The van der Waals surface area contributed by atoms with Crippen LogP contribution in [-0.2, 0) is 9.53 Å². The van der Waals surface area contributed by atoms with E-state index in [1.54, 1.807) is 0 Å². The van der Waals surface area contributed by atoms with Gasteiger partial charge in [0.25, 0.3) is 0 Å². The molecule has 0 spiro atoms. The van der Waals surface area contributed by atoms with Crippen molar-refractivity contribution in [1.29, 1.82) is 0 Å². The lowest BCUT2D eigenvalue weighted by atomic mass is 9.85. The molecule has 0 aliphatic heterocycles. The van der Waals surface area contributed by atoms with Gasteiger partial charge < -0.3 is 4.74 Å². The summed E-state index contributed by atoms with van der Waals surface area (Å²) in [5, 5.41) is 0. The van der Waals surface area contributed by atoms with E-state index in [4.69, 9.17) is 4.74 Å². The SMILES string of the molecule is C=C1CCCC1C(C)(C)OC(=O)C(C)(C)CC. The molecule has 1 atom stereocenters. The Morgan fingerprint density at radius 3 is 2.41 bits per heavy atom. The summed E-state index contributed by atoms with van der Waals surface area (Å²) in [6.07, 6.45) is 4.13. The van der Waals surface area contributed by atoms with Crippen molar-refractivity contribution >= 4 is 5.97 Å². The molecule has 0 aromatic carbocycles. The number of esters is 1. The molecule has 1 fully saturated rings. The fourth-order valence-corrected chi connectivity index (χ4v) is 2.34. The number of carbonyl (C=O) groups excluding carboxylic acids is 1. The molecule has 0 saturated heterocycles. The number of carbonyl (C=O) groups is 1. The molecule has 0 aromatic rings. The van der Waals surface area contributed by atoms with Crippen LogP contribution in [0.3, 0.4) is 0 Å². The largest absolute Gasteiger partial charge is 0.459 e. The zero-order chi connectivity index (χ0) is 13.3. The van der Waals surface area contributed by atoms with Gasteiger partial charge in [-0.05, 0) is 53.4 Å². The monoisotopic (exact) mass is 238 g/mol. The molecule has 17 heavy (non-hydrogen) atoms. The van der Waals surface area contributed by atoms with E-state index in [9.17, 15) is 4.79 Å². The number of rotatable bonds is 4. The Kier molecular flexibility index (Phi) is 4.06. The minimum atomic E-state index is -0.420. The second kappa shape index (κ2) is 4.83. The van der Waals surface area contributed by atoms with Crippen LogP contribution in [0.25, 0.3) is 0 Å². The molecule has 2 heteroatoms. The van der Waals surface area contributed by atoms with Crippen molar-refractivity contribution < 1.29 is 9.53 Å². The van der Waals surface area contributed by atoms with Crippen LogP contribution >= 0.6 is 0 Å². The molecule has 0 amide bonds. The summed E-state index contributed by atoms with van der Waals surface area (Å²) < 4.78 is 5.75. The maximum atomic E-state index is 12.1. The van der Waals surface area contributed by atoms with Gasteiger partial charge in [-0.25, -0.2) is 0 Å². The van der Waals surface area contributed by atoms with Crippen molar-refractivity contribution in [3.05, 3.63) is 12.2 Å². The van der Waals surface area contributed by atoms with Crippen LogP contribution in [0.5, 0.6) is 0 Å². The Hall–Kier alpha value is -0.790.